The minimum absolute atomic E-state index is 0.0736. The number of ether oxygens (including phenoxy) is 1. The Morgan fingerprint density at radius 1 is 1.52 bits per heavy atom. The van der Waals surface area contributed by atoms with Gasteiger partial charge in [-0.1, -0.05) is 29.4 Å². The van der Waals surface area contributed by atoms with E-state index in [0.717, 1.165) is 5.75 Å². The van der Waals surface area contributed by atoms with Crippen LogP contribution in [-0.2, 0) is 11.3 Å². The summed E-state index contributed by atoms with van der Waals surface area (Å²) in [4.78, 5) is 17.1. The van der Waals surface area contributed by atoms with Gasteiger partial charge in [-0.3, -0.25) is 9.36 Å². The van der Waals surface area contributed by atoms with Crippen LogP contribution >= 0.6 is 23.4 Å². The molecule has 2 aromatic rings. The maximum Gasteiger partial charge on any atom is 0.262 e. The van der Waals surface area contributed by atoms with Crippen LogP contribution in [0.5, 0.6) is 0 Å². The molecule has 0 aliphatic heterocycles. The van der Waals surface area contributed by atoms with E-state index in [1.54, 1.807) is 28.8 Å². The van der Waals surface area contributed by atoms with Crippen LogP contribution in [0.3, 0.4) is 0 Å². The van der Waals surface area contributed by atoms with Crippen molar-refractivity contribution in [1.29, 1.82) is 0 Å². The van der Waals surface area contributed by atoms with Crippen LogP contribution in [-0.4, -0.2) is 28.5 Å². The van der Waals surface area contributed by atoms with Gasteiger partial charge in [-0.15, -0.1) is 6.58 Å². The molecule has 1 aromatic carbocycles. The van der Waals surface area contributed by atoms with E-state index in [-0.39, 0.29) is 5.56 Å². The van der Waals surface area contributed by atoms with E-state index in [4.69, 9.17) is 16.3 Å². The number of rotatable bonds is 7. The second-order valence-corrected chi connectivity index (χ2v) is 5.80. The average molecular weight is 325 g/mol. The minimum Gasteiger partial charge on any atom is -0.381 e. The summed E-state index contributed by atoms with van der Waals surface area (Å²) in [6, 6.07) is 5.12. The first-order valence-electron chi connectivity index (χ1n) is 6.69. The van der Waals surface area contributed by atoms with Gasteiger partial charge in [0.1, 0.15) is 0 Å². The number of benzene rings is 1. The molecule has 1 aromatic heterocycles. The Labute approximate surface area is 132 Å². The molecule has 21 heavy (non-hydrogen) atoms. The van der Waals surface area contributed by atoms with E-state index in [2.05, 4.69) is 11.6 Å². The summed E-state index contributed by atoms with van der Waals surface area (Å²) in [6.07, 6.45) is 1.69. The van der Waals surface area contributed by atoms with Gasteiger partial charge in [0.05, 0.1) is 17.5 Å². The summed E-state index contributed by atoms with van der Waals surface area (Å²) >= 11 is 7.48. The zero-order chi connectivity index (χ0) is 15.2. The van der Waals surface area contributed by atoms with Crippen molar-refractivity contribution in [3.63, 3.8) is 0 Å². The lowest BCUT2D eigenvalue weighted by molar-refractivity contribution is 0.164. The van der Waals surface area contributed by atoms with Crippen LogP contribution in [0.25, 0.3) is 10.9 Å². The smallest absolute Gasteiger partial charge is 0.262 e. The maximum absolute atomic E-state index is 12.5. The molecule has 0 bridgehead atoms. The molecule has 0 saturated carbocycles. The summed E-state index contributed by atoms with van der Waals surface area (Å²) in [5.41, 5.74) is 0.544. The molecule has 0 spiro atoms. The Kier molecular flexibility index (Phi) is 5.85. The summed E-state index contributed by atoms with van der Waals surface area (Å²) in [6.45, 7) is 7.39. The summed E-state index contributed by atoms with van der Waals surface area (Å²) in [5, 5.41) is 1.80. The summed E-state index contributed by atoms with van der Waals surface area (Å²) < 4.78 is 6.94. The third-order valence-corrected chi connectivity index (χ3v) is 4.03. The molecule has 0 N–H and O–H groups in total. The molecule has 0 aliphatic carbocycles. The molecule has 0 saturated heterocycles. The van der Waals surface area contributed by atoms with Gasteiger partial charge in [-0.25, -0.2) is 4.98 Å². The van der Waals surface area contributed by atoms with Crippen molar-refractivity contribution in [2.45, 2.75) is 18.6 Å². The highest BCUT2D eigenvalue weighted by Gasteiger charge is 2.11. The van der Waals surface area contributed by atoms with E-state index < -0.39 is 0 Å². The largest absolute Gasteiger partial charge is 0.381 e. The van der Waals surface area contributed by atoms with Crippen LogP contribution < -0.4 is 5.56 Å². The first kappa shape index (κ1) is 16.1. The Balaban J connectivity index is 2.42. The molecular weight excluding hydrogens is 308 g/mol. The van der Waals surface area contributed by atoms with Crippen LogP contribution in [0, 0.1) is 0 Å². The van der Waals surface area contributed by atoms with E-state index in [9.17, 15) is 4.79 Å². The number of allylic oxidation sites excluding steroid dienone is 1. The van der Waals surface area contributed by atoms with E-state index in [1.807, 2.05) is 6.92 Å². The molecule has 0 fully saturated rings. The van der Waals surface area contributed by atoms with Gasteiger partial charge in [0.25, 0.3) is 5.56 Å². The lowest BCUT2D eigenvalue weighted by atomic mass is 10.2. The van der Waals surface area contributed by atoms with Gasteiger partial charge in [0.15, 0.2) is 5.16 Å². The second kappa shape index (κ2) is 7.64. The fourth-order valence-corrected chi connectivity index (χ4v) is 2.94. The van der Waals surface area contributed by atoms with Crippen molar-refractivity contribution in [3.05, 3.63) is 46.2 Å². The Morgan fingerprint density at radius 3 is 3.05 bits per heavy atom. The number of nitrogens with zero attached hydrogens (tertiary/aromatic N) is 2. The number of fused-ring (bicyclic) bond motifs is 1. The SMILES string of the molecule is C=CCn1c(SCCOCC)nc2cc(Cl)ccc2c1=O. The Hall–Kier alpha value is -1.30. The predicted molar refractivity (Wildman–Crippen MR) is 88.4 cm³/mol. The topological polar surface area (TPSA) is 44.1 Å². The van der Waals surface area contributed by atoms with Crippen LogP contribution in [0.4, 0.5) is 0 Å². The van der Waals surface area contributed by atoms with E-state index in [0.29, 0.717) is 40.8 Å². The third-order valence-electron chi connectivity index (χ3n) is 2.86. The number of hydrogen-bond acceptors (Lipinski definition) is 4. The van der Waals surface area contributed by atoms with Gasteiger partial charge in [-0.2, -0.15) is 0 Å². The molecule has 0 aliphatic rings. The molecule has 0 atom stereocenters. The maximum atomic E-state index is 12.5. The van der Waals surface area contributed by atoms with Crippen molar-refractivity contribution in [1.82, 2.24) is 9.55 Å². The van der Waals surface area contributed by atoms with Crippen LogP contribution in [0.1, 0.15) is 6.92 Å². The number of thioether (sulfide) groups is 1. The van der Waals surface area contributed by atoms with Crippen molar-refractivity contribution in [3.8, 4) is 0 Å². The summed E-state index contributed by atoms with van der Waals surface area (Å²) in [7, 11) is 0. The van der Waals surface area contributed by atoms with Crippen LogP contribution in [0.2, 0.25) is 5.02 Å². The minimum atomic E-state index is -0.0736. The molecular formula is C15H17ClN2O2S. The first-order chi connectivity index (χ1) is 10.2. The van der Waals surface area contributed by atoms with E-state index in [1.165, 1.54) is 11.8 Å². The Morgan fingerprint density at radius 2 is 2.33 bits per heavy atom. The molecule has 0 unspecified atom stereocenters. The van der Waals surface area contributed by atoms with Gasteiger partial charge in [-0.05, 0) is 25.1 Å². The van der Waals surface area contributed by atoms with E-state index >= 15 is 0 Å². The molecule has 1 heterocycles. The first-order valence-corrected chi connectivity index (χ1v) is 8.05. The van der Waals surface area contributed by atoms with Gasteiger partial charge < -0.3 is 4.74 Å². The monoisotopic (exact) mass is 324 g/mol. The third kappa shape index (κ3) is 3.87. The average Bonchev–Trinajstić information content (AvgIpc) is 2.47. The quantitative estimate of drug-likeness (QED) is 0.339. The normalized spacial score (nSPS) is 11.0. The standard InChI is InChI=1S/C15H17ClN2O2S/c1-3-7-18-14(19)12-6-5-11(16)10-13(12)17-15(18)21-9-8-20-4-2/h3,5-6,10H,1,4,7-9H2,2H3. The lowest BCUT2D eigenvalue weighted by Gasteiger charge is -2.11. The van der Waals surface area contributed by atoms with Crippen molar-refractivity contribution in [2.24, 2.45) is 0 Å². The number of hydrogen-bond donors (Lipinski definition) is 0. The molecule has 6 heteroatoms. The van der Waals surface area contributed by atoms with Gasteiger partial charge in [0, 0.05) is 23.9 Å². The highest BCUT2D eigenvalue weighted by molar-refractivity contribution is 7.99. The molecule has 0 radical (unpaired) electrons. The Bertz CT molecular complexity index is 700. The lowest BCUT2D eigenvalue weighted by Crippen LogP contribution is -2.23. The molecule has 4 nitrogen and oxygen atoms in total. The predicted octanol–water partition coefficient (Wildman–Crippen LogP) is 3.36. The number of halogens is 1. The van der Waals surface area contributed by atoms with Gasteiger partial charge >= 0.3 is 0 Å². The highest BCUT2D eigenvalue weighted by Crippen LogP contribution is 2.20. The highest BCUT2D eigenvalue weighted by atomic mass is 35.5. The molecule has 2 rings (SSSR count). The van der Waals surface area contributed by atoms with Gasteiger partial charge in [0.2, 0.25) is 0 Å². The van der Waals surface area contributed by atoms with Crippen LogP contribution in [0.15, 0.2) is 40.8 Å². The zero-order valence-corrected chi connectivity index (χ0v) is 13.4. The van der Waals surface area contributed by atoms with Crippen molar-refractivity contribution in [2.75, 3.05) is 19.0 Å². The van der Waals surface area contributed by atoms with Crippen molar-refractivity contribution >= 4 is 34.3 Å². The fourth-order valence-electron chi connectivity index (χ4n) is 1.91. The van der Waals surface area contributed by atoms with Crippen molar-refractivity contribution < 1.29 is 4.74 Å². The second-order valence-electron chi connectivity index (χ2n) is 4.31. The fraction of sp³-hybridized carbons (Fsp3) is 0.333. The molecule has 112 valence electrons. The number of aromatic nitrogens is 2. The molecule has 0 amide bonds. The summed E-state index contributed by atoms with van der Waals surface area (Å²) in [5.74, 6) is 0.740. The zero-order valence-electron chi connectivity index (χ0n) is 11.8.